The van der Waals surface area contributed by atoms with E-state index in [9.17, 15) is 14.7 Å². The van der Waals surface area contributed by atoms with Crippen LogP contribution in [-0.4, -0.2) is 32.8 Å². The molecular weight excluding hydrogens is 270 g/mol. The summed E-state index contributed by atoms with van der Waals surface area (Å²) in [6, 6.07) is 7.68. The zero-order valence-electron chi connectivity index (χ0n) is 11.8. The Labute approximate surface area is 121 Å². The number of aromatic nitrogens is 2. The molecule has 0 saturated heterocycles. The summed E-state index contributed by atoms with van der Waals surface area (Å²) in [6.07, 6.45) is 2.23. The van der Waals surface area contributed by atoms with Crippen molar-refractivity contribution >= 4 is 17.6 Å². The third kappa shape index (κ3) is 2.08. The van der Waals surface area contributed by atoms with Gasteiger partial charge in [0.15, 0.2) is 5.69 Å². The third-order valence-electron chi connectivity index (χ3n) is 3.69. The summed E-state index contributed by atoms with van der Waals surface area (Å²) >= 11 is 0. The fraction of sp³-hybridized carbons (Fsp3) is 0.267. The quantitative estimate of drug-likeness (QED) is 0.911. The van der Waals surface area contributed by atoms with E-state index >= 15 is 0 Å². The lowest BCUT2D eigenvalue weighted by Gasteiger charge is -2.22. The van der Waals surface area contributed by atoms with Gasteiger partial charge in [-0.25, -0.2) is 4.79 Å². The molecule has 1 atom stereocenters. The first-order valence-corrected chi connectivity index (χ1v) is 6.67. The minimum atomic E-state index is -1.20. The average molecular weight is 285 g/mol. The molecule has 0 bridgehead atoms. The molecule has 0 fully saturated rings. The Morgan fingerprint density at radius 1 is 1.33 bits per heavy atom. The Morgan fingerprint density at radius 2 is 2.05 bits per heavy atom. The number of benzene rings is 1. The van der Waals surface area contributed by atoms with E-state index in [1.807, 2.05) is 31.2 Å². The SMILES string of the molecule is CC1Cc2ccccc2N1C(=O)c1cn(C)nc1C(=O)O. The molecule has 1 aliphatic heterocycles. The van der Waals surface area contributed by atoms with Crippen LogP contribution in [-0.2, 0) is 13.5 Å². The van der Waals surface area contributed by atoms with Gasteiger partial charge in [0.1, 0.15) is 0 Å². The Hall–Kier alpha value is -2.63. The summed E-state index contributed by atoms with van der Waals surface area (Å²) in [4.78, 5) is 25.7. The Bertz CT molecular complexity index is 736. The first-order chi connectivity index (χ1) is 9.99. The number of aryl methyl sites for hydroxylation is 1. The van der Waals surface area contributed by atoms with Gasteiger partial charge in [-0.15, -0.1) is 0 Å². The molecular formula is C15H15N3O3. The molecule has 1 unspecified atom stereocenters. The van der Waals surface area contributed by atoms with Crippen molar-refractivity contribution in [2.75, 3.05) is 4.90 Å². The number of rotatable bonds is 2. The van der Waals surface area contributed by atoms with Crippen LogP contribution in [0.3, 0.4) is 0 Å². The van der Waals surface area contributed by atoms with Gasteiger partial charge in [-0.2, -0.15) is 5.10 Å². The predicted octanol–water partition coefficient (Wildman–Crippen LogP) is 1.71. The highest BCUT2D eigenvalue weighted by atomic mass is 16.4. The van der Waals surface area contributed by atoms with E-state index in [1.165, 1.54) is 10.9 Å². The highest BCUT2D eigenvalue weighted by molar-refractivity contribution is 6.12. The number of carbonyl (C=O) groups excluding carboxylic acids is 1. The van der Waals surface area contributed by atoms with Crippen LogP contribution in [0, 0.1) is 0 Å². The first kappa shape index (κ1) is 13.4. The van der Waals surface area contributed by atoms with Gasteiger partial charge < -0.3 is 10.0 Å². The number of amides is 1. The molecule has 1 N–H and O–H groups in total. The molecule has 0 radical (unpaired) electrons. The first-order valence-electron chi connectivity index (χ1n) is 6.67. The van der Waals surface area contributed by atoms with Gasteiger partial charge in [0.2, 0.25) is 0 Å². The maximum absolute atomic E-state index is 12.8. The number of aromatic carboxylic acids is 1. The summed E-state index contributed by atoms with van der Waals surface area (Å²) < 4.78 is 1.35. The van der Waals surface area contributed by atoms with Crippen molar-refractivity contribution in [3.8, 4) is 0 Å². The molecule has 2 heterocycles. The topological polar surface area (TPSA) is 75.4 Å². The normalized spacial score (nSPS) is 16.9. The number of nitrogens with zero attached hydrogens (tertiary/aromatic N) is 3. The van der Waals surface area contributed by atoms with Crippen molar-refractivity contribution in [1.29, 1.82) is 0 Å². The third-order valence-corrected chi connectivity index (χ3v) is 3.69. The van der Waals surface area contributed by atoms with Gasteiger partial charge >= 0.3 is 5.97 Å². The molecule has 0 spiro atoms. The molecule has 0 aliphatic carbocycles. The Balaban J connectivity index is 2.05. The molecule has 1 aromatic carbocycles. The van der Waals surface area contributed by atoms with Crippen LogP contribution in [0.4, 0.5) is 5.69 Å². The average Bonchev–Trinajstić information content (AvgIpc) is 2.97. The van der Waals surface area contributed by atoms with Crippen molar-refractivity contribution in [3.05, 3.63) is 47.3 Å². The summed E-state index contributed by atoms with van der Waals surface area (Å²) in [7, 11) is 1.60. The molecule has 6 heteroatoms. The van der Waals surface area contributed by atoms with Crippen LogP contribution in [0.15, 0.2) is 30.5 Å². The zero-order chi connectivity index (χ0) is 15.1. The van der Waals surface area contributed by atoms with Crippen LogP contribution in [0.5, 0.6) is 0 Å². The van der Waals surface area contributed by atoms with Gasteiger partial charge in [0.25, 0.3) is 5.91 Å². The number of para-hydroxylation sites is 1. The second-order valence-corrected chi connectivity index (χ2v) is 5.23. The number of carboxylic acid groups (broad SMARTS) is 1. The smallest absolute Gasteiger partial charge is 0.357 e. The fourth-order valence-corrected chi connectivity index (χ4v) is 2.81. The lowest BCUT2D eigenvalue weighted by Crippen LogP contribution is -2.36. The summed E-state index contributed by atoms with van der Waals surface area (Å²) in [5.74, 6) is -1.52. The number of fused-ring (bicyclic) bond motifs is 1. The van der Waals surface area contributed by atoms with E-state index in [4.69, 9.17) is 0 Å². The molecule has 1 aliphatic rings. The van der Waals surface area contributed by atoms with Crippen molar-refractivity contribution in [2.45, 2.75) is 19.4 Å². The fourth-order valence-electron chi connectivity index (χ4n) is 2.81. The molecule has 0 saturated carbocycles. The minimum absolute atomic E-state index is 0.00301. The van der Waals surface area contributed by atoms with Gasteiger partial charge in [0.05, 0.1) is 5.56 Å². The van der Waals surface area contributed by atoms with E-state index in [2.05, 4.69) is 5.10 Å². The number of hydrogen-bond donors (Lipinski definition) is 1. The lowest BCUT2D eigenvalue weighted by atomic mass is 10.1. The second-order valence-electron chi connectivity index (χ2n) is 5.23. The van der Waals surface area contributed by atoms with Crippen LogP contribution in [0.25, 0.3) is 0 Å². The lowest BCUT2D eigenvalue weighted by molar-refractivity contribution is 0.0684. The van der Waals surface area contributed by atoms with Gasteiger partial charge in [0, 0.05) is 25.0 Å². The molecule has 21 heavy (non-hydrogen) atoms. The highest BCUT2D eigenvalue weighted by Crippen LogP contribution is 2.33. The van der Waals surface area contributed by atoms with Crippen molar-refractivity contribution in [1.82, 2.24) is 9.78 Å². The maximum Gasteiger partial charge on any atom is 0.357 e. The standard InChI is InChI=1S/C15H15N3O3/c1-9-7-10-5-3-4-6-12(10)18(9)14(19)11-8-17(2)16-13(11)15(20)21/h3-6,8-9H,7H2,1-2H3,(H,20,21). The Morgan fingerprint density at radius 3 is 2.76 bits per heavy atom. The molecule has 1 aromatic heterocycles. The van der Waals surface area contributed by atoms with Gasteiger partial charge in [-0.3, -0.25) is 9.48 Å². The van der Waals surface area contributed by atoms with Crippen LogP contribution >= 0.6 is 0 Å². The molecule has 1 amide bonds. The molecule has 108 valence electrons. The zero-order valence-corrected chi connectivity index (χ0v) is 11.8. The molecule has 3 rings (SSSR count). The molecule has 6 nitrogen and oxygen atoms in total. The summed E-state index contributed by atoms with van der Waals surface area (Å²) in [6.45, 7) is 1.95. The molecule has 2 aromatic rings. The minimum Gasteiger partial charge on any atom is -0.476 e. The van der Waals surface area contributed by atoms with Crippen molar-refractivity contribution < 1.29 is 14.7 Å². The largest absolute Gasteiger partial charge is 0.476 e. The highest BCUT2D eigenvalue weighted by Gasteiger charge is 2.34. The number of carboxylic acids is 1. The van der Waals surface area contributed by atoms with E-state index in [1.54, 1.807) is 11.9 Å². The monoisotopic (exact) mass is 285 g/mol. The van der Waals surface area contributed by atoms with Crippen LogP contribution in [0.1, 0.15) is 33.3 Å². The van der Waals surface area contributed by atoms with E-state index in [-0.39, 0.29) is 23.2 Å². The maximum atomic E-state index is 12.8. The summed E-state index contributed by atoms with van der Waals surface area (Å²) in [5, 5.41) is 13.0. The van der Waals surface area contributed by atoms with Gasteiger partial charge in [-0.05, 0) is 25.0 Å². The predicted molar refractivity (Wildman–Crippen MR) is 76.6 cm³/mol. The van der Waals surface area contributed by atoms with E-state index in [0.29, 0.717) is 0 Å². The van der Waals surface area contributed by atoms with Crippen molar-refractivity contribution in [3.63, 3.8) is 0 Å². The number of anilines is 1. The number of carbonyl (C=O) groups is 2. The van der Waals surface area contributed by atoms with Crippen LogP contribution in [0.2, 0.25) is 0 Å². The second kappa shape index (κ2) is 4.73. The van der Waals surface area contributed by atoms with E-state index in [0.717, 1.165) is 17.7 Å². The van der Waals surface area contributed by atoms with Crippen molar-refractivity contribution in [2.24, 2.45) is 7.05 Å². The number of hydrogen-bond acceptors (Lipinski definition) is 3. The summed E-state index contributed by atoms with van der Waals surface area (Å²) in [5.41, 5.74) is 1.85. The van der Waals surface area contributed by atoms with Crippen LogP contribution < -0.4 is 4.90 Å². The van der Waals surface area contributed by atoms with E-state index < -0.39 is 5.97 Å². The Kier molecular flexibility index (Phi) is 3.01. The van der Waals surface area contributed by atoms with Gasteiger partial charge in [-0.1, -0.05) is 18.2 Å².